The molecule has 5 heteroatoms. The molecule has 138 valence electrons. The number of benzene rings is 1. The van der Waals surface area contributed by atoms with Crippen LogP contribution in [0.2, 0.25) is 0 Å². The molecule has 3 aliphatic rings. The highest BCUT2D eigenvalue weighted by molar-refractivity contribution is 6.22. The summed E-state index contributed by atoms with van der Waals surface area (Å²) in [6, 6.07) is 6.80. The summed E-state index contributed by atoms with van der Waals surface area (Å²) >= 11 is 0. The first-order chi connectivity index (χ1) is 12.6. The third-order valence-electron chi connectivity index (χ3n) is 6.22. The molecule has 5 nitrogen and oxygen atoms in total. The van der Waals surface area contributed by atoms with Gasteiger partial charge in [-0.25, -0.2) is 4.90 Å². The minimum atomic E-state index is -0.274. The molecule has 26 heavy (non-hydrogen) atoms. The van der Waals surface area contributed by atoms with Crippen LogP contribution in [-0.2, 0) is 14.4 Å². The predicted octanol–water partition coefficient (Wildman–Crippen LogP) is 3.71. The number of carbonyl (C=O) groups excluding carboxylic acids is 3. The van der Waals surface area contributed by atoms with Crippen molar-refractivity contribution in [3.8, 4) is 5.75 Å². The third-order valence-corrected chi connectivity index (χ3v) is 6.22. The summed E-state index contributed by atoms with van der Waals surface area (Å²) in [5.74, 6) is 0.437. The van der Waals surface area contributed by atoms with E-state index in [2.05, 4.69) is 6.92 Å². The molecule has 3 fully saturated rings. The van der Waals surface area contributed by atoms with Crippen LogP contribution in [0.4, 0.5) is 5.69 Å². The van der Waals surface area contributed by atoms with E-state index < -0.39 is 0 Å². The van der Waals surface area contributed by atoms with Crippen LogP contribution in [0.5, 0.6) is 5.75 Å². The molecule has 2 saturated carbocycles. The van der Waals surface area contributed by atoms with Crippen molar-refractivity contribution in [3.63, 3.8) is 0 Å². The molecule has 1 aromatic rings. The van der Waals surface area contributed by atoms with Gasteiger partial charge in [-0.15, -0.1) is 0 Å². The van der Waals surface area contributed by atoms with Crippen LogP contribution in [0, 0.1) is 23.7 Å². The standard InChI is InChI=1S/C21H25NO4/c1-2-3-4-8-17(23)26-16-7-5-6-15(12-16)22-20(24)18-13-9-10-14(11-13)19(18)21(22)25/h5-7,12-14,18-19H,2-4,8-11H2,1H3. The van der Waals surface area contributed by atoms with Gasteiger partial charge in [-0.2, -0.15) is 0 Å². The number of hydrogen-bond donors (Lipinski definition) is 0. The van der Waals surface area contributed by atoms with Crippen molar-refractivity contribution in [1.82, 2.24) is 0 Å². The fraction of sp³-hybridized carbons (Fsp3) is 0.571. The Morgan fingerprint density at radius 3 is 2.46 bits per heavy atom. The monoisotopic (exact) mass is 355 g/mol. The van der Waals surface area contributed by atoms with Crippen LogP contribution in [0.3, 0.4) is 0 Å². The van der Waals surface area contributed by atoms with E-state index >= 15 is 0 Å². The Labute approximate surface area is 153 Å². The Hall–Kier alpha value is -2.17. The summed E-state index contributed by atoms with van der Waals surface area (Å²) in [5.41, 5.74) is 0.521. The predicted molar refractivity (Wildman–Crippen MR) is 96.5 cm³/mol. The Kier molecular flexibility index (Phi) is 4.55. The summed E-state index contributed by atoms with van der Waals surface area (Å²) in [6.07, 6.45) is 6.39. The van der Waals surface area contributed by atoms with Crippen molar-refractivity contribution < 1.29 is 19.1 Å². The third kappa shape index (κ3) is 2.83. The molecule has 2 bridgehead atoms. The maximum atomic E-state index is 12.9. The second-order valence-corrected chi connectivity index (χ2v) is 7.83. The molecule has 2 aliphatic carbocycles. The number of rotatable bonds is 6. The number of fused-ring (bicyclic) bond motifs is 5. The number of hydrogen-bond acceptors (Lipinski definition) is 4. The second-order valence-electron chi connectivity index (χ2n) is 7.83. The van der Waals surface area contributed by atoms with Gasteiger partial charge in [0.25, 0.3) is 0 Å². The van der Waals surface area contributed by atoms with Gasteiger partial charge in [0, 0.05) is 12.5 Å². The fourth-order valence-corrected chi connectivity index (χ4v) is 5.05. The average molecular weight is 355 g/mol. The van der Waals surface area contributed by atoms with Crippen LogP contribution in [-0.4, -0.2) is 17.8 Å². The van der Waals surface area contributed by atoms with Crippen molar-refractivity contribution in [3.05, 3.63) is 24.3 Å². The van der Waals surface area contributed by atoms with E-state index in [1.807, 2.05) is 0 Å². The number of esters is 1. The number of carbonyl (C=O) groups is 3. The summed E-state index contributed by atoms with van der Waals surface area (Å²) in [4.78, 5) is 39.0. The van der Waals surface area contributed by atoms with Crippen molar-refractivity contribution in [1.29, 1.82) is 0 Å². The first-order valence-electron chi connectivity index (χ1n) is 9.78. The highest BCUT2D eigenvalue weighted by Crippen LogP contribution is 2.56. The van der Waals surface area contributed by atoms with E-state index in [1.54, 1.807) is 24.3 Å². The number of anilines is 1. The van der Waals surface area contributed by atoms with Crippen molar-refractivity contribution in [2.75, 3.05) is 4.90 Å². The topological polar surface area (TPSA) is 63.7 Å². The zero-order valence-electron chi connectivity index (χ0n) is 15.1. The van der Waals surface area contributed by atoms with Crippen LogP contribution in [0.1, 0.15) is 51.9 Å². The van der Waals surface area contributed by atoms with Crippen molar-refractivity contribution >= 4 is 23.5 Å². The maximum absolute atomic E-state index is 12.9. The second kappa shape index (κ2) is 6.86. The number of unbranched alkanes of at least 4 members (excludes halogenated alkanes) is 2. The van der Waals surface area contributed by atoms with Gasteiger partial charge in [0.05, 0.1) is 17.5 Å². The maximum Gasteiger partial charge on any atom is 0.311 e. The smallest absolute Gasteiger partial charge is 0.311 e. The van der Waals surface area contributed by atoms with Gasteiger partial charge < -0.3 is 4.74 Å². The molecule has 2 amide bonds. The summed E-state index contributed by atoms with van der Waals surface area (Å²) in [5, 5.41) is 0. The highest BCUT2D eigenvalue weighted by Gasteiger charge is 2.61. The van der Waals surface area contributed by atoms with E-state index in [0.717, 1.165) is 38.5 Å². The molecule has 4 unspecified atom stereocenters. The first-order valence-corrected chi connectivity index (χ1v) is 9.78. The van der Waals surface area contributed by atoms with Crippen LogP contribution in [0.25, 0.3) is 0 Å². The quantitative estimate of drug-likeness (QED) is 0.338. The summed E-state index contributed by atoms with van der Waals surface area (Å²) in [6.45, 7) is 2.08. The lowest BCUT2D eigenvalue weighted by molar-refractivity contribution is -0.134. The van der Waals surface area contributed by atoms with Gasteiger partial charge in [-0.05, 0) is 49.7 Å². The van der Waals surface area contributed by atoms with Crippen LogP contribution >= 0.6 is 0 Å². The normalized spacial score (nSPS) is 29.3. The van der Waals surface area contributed by atoms with Gasteiger partial charge in [0.1, 0.15) is 5.75 Å². The van der Waals surface area contributed by atoms with Gasteiger partial charge in [-0.1, -0.05) is 25.8 Å². The largest absolute Gasteiger partial charge is 0.426 e. The van der Waals surface area contributed by atoms with Crippen LogP contribution in [0.15, 0.2) is 24.3 Å². The SMILES string of the molecule is CCCCCC(=O)Oc1cccc(N2C(=O)C3C4CCC(C4)C3C2=O)c1. The van der Waals surface area contributed by atoms with Crippen molar-refractivity contribution in [2.45, 2.75) is 51.9 Å². The molecular formula is C21H25NO4. The zero-order valence-corrected chi connectivity index (χ0v) is 15.1. The van der Waals surface area contributed by atoms with E-state index in [1.165, 1.54) is 4.90 Å². The lowest BCUT2D eigenvalue weighted by Crippen LogP contribution is -2.32. The minimum Gasteiger partial charge on any atom is -0.426 e. The molecule has 1 aromatic carbocycles. The lowest BCUT2D eigenvalue weighted by atomic mass is 9.81. The number of nitrogens with zero attached hydrogens (tertiary/aromatic N) is 1. The average Bonchev–Trinajstić information content (AvgIpc) is 3.29. The number of imide groups is 1. The fourth-order valence-electron chi connectivity index (χ4n) is 5.05. The van der Waals surface area contributed by atoms with E-state index in [4.69, 9.17) is 4.74 Å². The van der Waals surface area contributed by atoms with E-state index in [0.29, 0.717) is 29.7 Å². The molecule has 1 saturated heterocycles. The van der Waals surface area contributed by atoms with Gasteiger partial charge >= 0.3 is 5.97 Å². The first kappa shape index (κ1) is 17.3. The molecule has 1 heterocycles. The van der Waals surface area contributed by atoms with E-state index in [-0.39, 0.29) is 29.6 Å². The van der Waals surface area contributed by atoms with Crippen molar-refractivity contribution in [2.24, 2.45) is 23.7 Å². The highest BCUT2D eigenvalue weighted by atomic mass is 16.5. The molecule has 0 N–H and O–H groups in total. The Morgan fingerprint density at radius 1 is 1.12 bits per heavy atom. The molecule has 0 radical (unpaired) electrons. The van der Waals surface area contributed by atoms with Gasteiger partial charge in [0.2, 0.25) is 11.8 Å². The molecule has 4 atom stereocenters. The number of amides is 2. The van der Waals surface area contributed by atoms with Gasteiger partial charge in [-0.3, -0.25) is 14.4 Å². The summed E-state index contributed by atoms with van der Waals surface area (Å²) < 4.78 is 5.39. The van der Waals surface area contributed by atoms with Gasteiger partial charge in [0.15, 0.2) is 0 Å². The summed E-state index contributed by atoms with van der Waals surface area (Å²) in [7, 11) is 0. The van der Waals surface area contributed by atoms with E-state index in [9.17, 15) is 14.4 Å². The molecule has 4 rings (SSSR count). The Bertz CT molecular complexity index is 715. The molecular weight excluding hydrogens is 330 g/mol. The Balaban J connectivity index is 1.49. The lowest BCUT2D eigenvalue weighted by Gasteiger charge is -2.19. The molecule has 1 aliphatic heterocycles. The van der Waals surface area contributed by atoms with Crippen LogP contribution < -0.4 is 9.64 Å². The molecule has 0 spiro atoms. The zero-order chi connectivity index (χ0) is 18.3. The molecule has 0 aromatic heterocycles. The number of ether oxygens (including phenoxy) is 1. The Morgan fingerprint density at radius 2 is 1.81 bits per heavy atom. The minimum absolute atomic E-state index is 0.0707.